The number of fused-ring (bicyclic) bond motifs is 2. The topological polar surface area (TPSA) is 64.4 Å². The number of amides is 1. The van der Waals surface area contributed by atoms with E-state index in [1.165, 1.54) is 5.39 Å². The Balaban J connectivity index is 1.57. The molecule has 0 unspecified atom stereocenters. The summed E-state index contributed by atoms with van der Waals surface area (Å²) in [7, 11) is 1.61. The van der Waals surface area contributed by atoms with Gasteiger partial charge in [-0.05, 0) is 59.5 Å². The highest BCUT2D eigenvalue weighted by Gasteiger charge is 2.16. The number of nitrogens with one attached hydrogen (secondary N) is 1. The van der Waals surface area contributed by atoms with Gasteiger partial charge in [-0.25, -0.2) is 4.98 Å². The summed E-state index contributed by atoms with van der Waals surface area (Å²) >= 11 is 0. The molecule has 1 N–H and O–H groups in total. The number of benzene rings is 3. The summed E-state index contributed by atoms with van der Waals surface area (Å²) in [5, 5.41) is 6.11. The van der Waals surface area contributed by atoms with Crippen LogP contribution in [-0.2, 0) is 4.79 Å². The minimum absolute atomic E-state index is 0.251. The Hall–Kier alpha value is -4.38. The Labute approximate surface area is 197 Å². The van der Waals surface area contributed by atoms with Gasteiger partial charge in [-0.3, -0.25) is 4.79 Å². The Morgan fingerprint density at radius 1 is 1.00 bits per heavy atom. The third-order valence-corrected chi connectivity index (χ3v) is 5.91. The van der Waals surface area contributed by atoms with Crippen molar-refractivity contribution in [2.45, 2.75) is 13.8 Å². The quantitative estimate of drug-likeness (QED) is 0.294. The van der Waals surface area contributed by atoms with E-state index in [-0.39, 0.29) is 5.91 Å². The minimum atomic E-state index is -0.251. The molecule has 0 fully saturated rings. The molecule has 168 valence electrons. The van der Waals surface area contributed by atoms with Gasteiger partial charge in [0, 0.05) is 34.9 Å². The minimum Gasteiger partial charge on any atom is -0.496 e. The highest BCUT2D eigenvalue weighted by Crippen LogP contribution is 2.39. The van der Waals surface area contributed by atoms with Crippen molar-refractivity contribution in [2.75, 3.05) is 12.4 Å². The summed E-state index contributed by atoms with van der Waals surface area (Å²) in [5.74, 6) is 0.908. The third-order valence-electron chi connectivity index (χ3n) is 5.91. The van der Waals surface area contributed by atoms with Gasteiger partial charge in [0.15, 0.2) is 0 Å². The average molecular weight is 449 g/mol. The number of carbonyl (C=O) groups excluding carboxylic acids is 1. The molecule has 0 aliphatic heterocycles. The summed E-state index contributed by atoms with van der Waals surface area (Å²) in [6.07, 6.45) is 5.02. The number of hydrogen-bond acceptors (Lipinski definition) is 4. The molecular weight excluding hydrogens is 424 g/mol. The van der Waals surface area contributed by atoms with Gasteiger partial charge in [0.1, 0.15) is 17.2 Å². The number of methoxy groups -OCH3 is 1. The smallest absolute Gasteiger partial charge is 0.249 e. The number of nitrogens with zero attached hydrogens (tertiary/aromatic N) is 1. The maximum absolute atomic E-state index is 12.7. The fourth-order valence-electron chi connectivity index (χ4n) is 4.24. The Morgan fingerprint density at radius 2 is 1.82 bits per heavy atom. The maximum atomic E-state index is 12.7. The number of aryl methyl sites for hydroxylation is 1. The number of furan rings is 1. The molecule has 5 rings (SSSR count). The lowest BCUT2D eigenvalue weighted by Gasteiger charge is -2.11. The van der Waals surface area contributed by atoms with E-state index in [1.807, 2.05) is 50.2 Å². The zero-order chi connectivity index (χ0) is 23.7. The van der Waals surface area contributed by atoms with E-state index >= 15 is 0 Å². The fraction of sp³-hybridized carbons (Fsp3) is 0.103. The lowest BCUT2D eigenvalue weighted by atomic mass is 9.96. The summed E-state index contributed by atoms with van der Waals surface area (Å²) in [4.78, 5) is 16.9. The van der Waals surface area contributed by atoms with Gasteiger partial charge in [-0.15, -0.1) is 0 Å². The van der Waals surface area contributed by atoms with Crippen molar-refractivity contribution in [3.8, 4) is 16.9 Å². The van der Waals surface area contributed by atoms with E-state index in [4.69, 9.17) is 9.15 Å². The standard InChI is InChI=1S/C29H24N2O3/c1-18-11-12-30-28(13-18)31-29(32)14-19(2)23-15-24-25(17-34-27(24)16-26(23)33-3)22-10-6-8-20-7-4-5-9-21(20)22/h4-17H,1-3H3,(H,30,31,32)/b19-14+. The number of carbonyl (C=O) groups is 1. The maximum Gasteiger partial charge on any atom is 0.249 e. The molecule has 0 bridgehead atoms. The van der Waals surface area contributed by atoms with Gasteiger partial charge in [0.25, 0.3) is 0 Å². The van der Waals surface area contributed by atoms with E-state index in [9.17, 15) is 4.79 Å². The zero-order valence-corrected chi connectivity index (χ0v) is 19.3. The van der Waals surface area contributed by atoms with Crippen molar-refractivity contribution in [3.05, 3.63) is 96.4 Å². The number of anilines is 1. The van der Waals surface area contributed by atoms with Crippen LogP contribution in [0.4, 0.5) is 5.82 Å². The highest BCUT2D eigenvalue weighted by atomic mass is 16.5. The van der Waals surface area contributed by atoms with Gasteiger partial charge < -0.3 is 14.5 Å². The summed E-state index contributed by atoms with van der Waals surface area (Å²) < 4.78 is 11.5. The lowest BCUT2D eigenvalue weighted by Crippen LogP contribution is -2.10. The first-order chi connectivity index (χ1) is 16.5. The van der Waals surface area contributed by atoms with Crippen LogP contribution in [0, 0.1) is 6.92 Å². The van der Waals surface area contributed by atoms with Crippen LogP contribution in [0.3, 0.4) is 0 Å². The van der Waals surface area contributed by atoms with Crippen molar-refractivity contribution in [1.29, 1.82) is 0 Å². The van der Waals surface area contributed by atoms with Crippen LogP contribution in [0.25, 0.3) is 38.4 Å². The van der Waals surface area contributed by atoms with E-state index in [0.717, 1.165) is 44.2 Å². The van der Waals surface area contributed by atoms with Gasteiger partial charge >= 0.3 is 0 Å². The first kappa shape index (κ1) is 21.5. The van der Waals surface area contributed by atoms with E-state index in [1.54, 1.807) is 25.6 Å². The van der Waals surface area contributed by atoms with Gasteiger partial charge in [-0.1, -0.05) is 42.5 Å². The van der Waals surface area contributed by atoms with Crippen molar-refractivity contribution >= 4 is 39.0 Å². The molecule has 5 nitrogen and oxygen atoms in total. The Bertz CT molecular complexity index is 1560. The summed E-state index contributed by atoms with van der Waals surface area (Å²) in [6.45, 7) is 3.85. The zero-order valence-electron chi connectivity index (χ0n) is 19.3. The molecule has 0 spiro atoms. The fourth-order valence-corrected chi connectivity index (χ4v) is 4.24. The molecule has 5 aromatic rings. The van der Waals surface area contributed by atoms with Gasteiger partial charge in [-0.2, -0.15) is 0 Å². The van der Waals surface area contributed by atoms with Crippen molar-refractivity contribution in [2.24, 2.45) is 0 Å². The molecule has 3 aromatic carbocycles. The van der Waals surface area contributed by atoms with Crippen LogP contribution in [-0.4, -0.2) is 18.0 Å². The molecule has 0 aliphatic rings. The van der Waals surface area contributed by atoms with Crippen LogP contribution in [0.2, 0.25) is 0 Å². The van der Waals surface area contributed by atoms with Gasteiger partial charge in [0.2, 0.25) is 5.91 Å². The van der Waals surface area contributed by atoms with Gasteiger partial charge in [0.05, 0.1) is 13.4 Å². The largest absolute Gasteiger partial charge is 0.496 e. The number of rotatable bonds is 5. The van der Waals surface area contributed by atoms with Crippen LogP contribution in [0.5, 0.6) is 5.75 Å². The number of hydrogen-bond donors (Lipinski definition) is 1. The number of allylic oxidation sites excluding steroid dienone is 1. The van der Waals surface area contributed by atoms with Crippen molar-refractivity contribution in [3.63, 3.8) is 0 Å². The predicted molar refractivity (Wildman–Crippen MR) is 137 cm³/mol. The predicted octanol–water partition coefficient (Wildman–Crippen LogP) is 7.01. The Morgan fingerprint density at radius 3 is 2.65 bits per heavy atom. The first-order valence-corrected chi connectivity index (χ1v) is 11.0. The second-order valence-electron chi connectivity index (χ2n) is 8.26. The molecule has 0 atom stereocenters. The number of aromatic nitrogens is 1. The van der Waals surface area contributed by atoms with Crippen molar-refractivity contribution in [1.82, 2.24) is 4.98 Å². The third kappa shape index (κ3) is 4.04. The Kier molecular flexibility index (Phi) is 5.60. The molecule has 0 aliphatic carbocycles. The second-order valence-corrected chi connectivity index (χ2v) is 8.26. The van der Waals surface area contributed by atoms with E-state index in [2.05, 4.69) is 40.6 Å². The van der Waals surface area contributed by atoms with Crippen LogP contribution < -0.4 is 10.1 Å². The van der Waals surface area contributed by atoms with Crippen LogP contribution in [0.1, 0.15) is 18.1 Å². The second kappa shape index (κ2) is 8.87. The summed E-state index contributed by atoms with van der Waals surface area (Å²) in [6, 6.07) is 22.2. The van der Waals surface area contributed by atoms with Crippen LogP contribution in [0.15, 0.2) is 89.7 Å². The monoisotopic (exact) mass is 448 g/mol. The molecule has 5 heteroatoms. The van der Waals surface area contributed by atoms with E-state index in [0.29, 0.717) is 11.6 Å². The molecule has 0 saturated heterocycles. The molecule has 0 saturated carbocycles. The first-order valence-electron chi connectivity index (χ1n) is 11.0. The molecular formula is C29H24N2O3. The molecule has 2 heterocycles. The molecule has 2 aromatic heterocycles. The molecule has 1 amide bonds. The normalized spacial score (nSPS) is 11.7. The lowest BCUT2D eigenvalue weighted by molar-refractivity contribution is -0.111. The van der Waals surface area contributed by atoms with E-state index < -0.39 is 0 Å². The van der Waals surface area contributed by atoms with Crippen molar-refractivity contribution < 1.29 is 13.9 Å². The number of pyridine rings is 1. The molecule has 34 heavy (non-hydrogen) atoms. The number of ether oxygens (including phenoxy) is 1. The summed E-state index contributed by atoms with van der Waals surface area (Å²) in [5.41, 5.74) is 5.44. The van der Waals surface area contributed by atoms with Crippen LogP contribution >= 0.6 is 0 Å². The highest BCUT2D eigenvalue weighted by molar-refractivity contribution is 6.07. The SMILES string of the molecule is COc1cc2occ(-c3cccc4ccccc34)c2cc1/C(C)=C/C(=O)Nc1cc(C)ccn1. The molecule has 0 radical (unpaired) electrons. The average Bonchev–Trinajstić information content (AvgIpc) is 3.25.